The van der Waals surface area contributed by atoms with Crippen molar-refractivity contribution in [2.24, 2.45) is 11.7 Å². The van der Waals surface area contributed by atoms with Crippen molar-refractivity contribution in [2.75, 3.05) is 18.0 Å². The molecule has 1 saturated heterocycles. The minimum Gasteiger partial charge on any atom is -0.481 e. The molecule has 6 nitrogen and oxygen atoms in total. The maximum absolute atomic E-state index is 11.9. The van der Waals surface area contributed by atoms with Gasteiger partial charge in [0.15, 0.2) is 0 Å². The molecule has 2 heterocycles. The third-order valence-electron chi connectivity index (χ3n) is 5.04. The summed E-state index contributed by atoms with van der Waals surface area (Å²) in [5, 5.41) is 12.4. The molecule has 1 amide bonds. The number of carboxylic acid groups (broad SMARTS) is 1. The Balaban J connectivity index is 1.84. The number of nitrogens with zero attached hydrogens (tertiary/aromatic N) is 1. The molecule has 2 aliphatic heterocycles. The number of primary amides is 1. The first-order valence-electron chi connectivity index (χ1n) is 8.95. The lowest BCUT2D eigenvalue weighted by Crippen LogP contribution is -2.40. The highest BCUT2D eigenvalue weighted by Gasteiger charge is 2.38. The van der Waals surface area contributed by atoms with Crippen molar-refractivity contribution in [2.45, 2.75) is 38.0 Å². The first-order chi connectivity index (χ1) is 12.5. The van der Waals surface area contributed by atoms with Gasteiger partial charge in [-0.25, -0.2) is 0 Å². The van der Waals surface area contributed by atoms with Crippen LogP contribution in [0.1, 0.15) is 31.7 Å². The molecule has 4 N–H and O–H groups in total. The number of carbonyl (C=O) groups is 2. The quantitative estimate of drug-likeness (QED) is 0.706. The van der Waals surface area contributed by atoms with Crippen molar-refractivity contribution in [3.8, 4) is 0 Å². The number of piperidine rings is 1. The first kappa shape index (κ1) is 18.8. The lowest BCUT2D eigenvalue weighted by molar-refractivity contribution is -0.137. The second-order valence-electron chi connectivity index (χ2n) is 6.80. The van der Waals surface area contributed by atoms with Crippen LogP contribution in [0.15, 0.2) is 34.9 Å². The van der Waals surface area contributed by atoms with E-state index in [0.29, 0.717) is 17.2 Å². The summed E-state index contributed by atoms with van der Waals surface area (Å²) in [4.78, 5) is 25.5. The molecule has 0 saturated carbocycles. The van der Waals surface area contributed by atoms with Crippen LogP contribution < -0.4 is 16.0 Å². The Morgan fingerprint density at radius 2 is 1.92 bits per heavy atom. The van der Waals surface area contributed by atoms with E-state index >= 15 is 0 Å². The highest BCUT2D eigenvalue weighted by Crippen LogP contribution is 2.45. The van der Waals surface area contributed by atoms with Gasteiger partial charge < -0.3 is 21.1 Å². The Kier molecular flexibility index (Phi) is 5.88. The summed E-state index contributed by atoms with van der Waals surface area (Å²) in [7, 11) is 0. The number of hydrogen-bond donors (Lipinski definition) is 3. The molecule has 1 fully saturated rings. The molecule has 0 aliphatic carbocycles. The van der Waals surface area contributed by atoms with Crippen molar-refractivity contribution in [1.82, 2.24) is 5.32 Å². The fraction of sp³-hybridized carbons (Fsp3) is 0.474. The van der Waals surface area contributed by atoms with Gasteiger partial charge in [-0.1, -0.05) is 23.9 Å². The summed E-state index contributed by atoms with van der Waals surface area (Å²) < 4.78 is 0. The van der Waals surface area contributed by atoms with Crippen LogP contribution in [-0.4, -0.2) is 35.4 Å². The minimum absolute atomic E-state index is 0.126. The van der Waals surface area contributed by atoms with E-state index in [9.17, 15) is 9.59 Å². The zero-order valence-electron chi connectivity index (χ0n) is 14.9. The van der Waals surface area contributed by atoms with Crippen LogP contribution >= 0.6 is 11.8 Å². The standard InChI is InChI=1S/C19H25N3O3S/c1-12-17(18(20)25)26-19(14-8-10-21-11-9-14)22(12)15-5-2-13(3-6-15)4-7-16(23)24/h2-3,5-6,14,19,21H,4,7-11H2,1H3,(H2,20,25)(H,23,24). The topological polar surface area (TPSA) is 95.7 Å². The van der Waals surface area contributed by atoms with E-state index in [-0.39, 0.29) is 17.7 Å². The maximum Gasteiger partial charge on any atom is 0.303 e. The van der Waals surface area contributed by atoms with Crippen molar-refractivity contribution in [3.05, 3.63) is 40.4 Å². The van der Waals surface area contributed by atoms with E-state index in [0.717, 1.165) is 42.9 Å². The molecule has 3 rings (SSSR count). The zero-order chi connectivity index (χ0) is 18.7. The Hall–Kier alpha value is -1.99. The van der Waals surface area contributed by atoms with Crippen LogP contribution in [0, 0.1) is 5.92 Å². The molecular formula is C19H25N3O3S. The van der Waals surface area contributed by atoms with Crippen LogP contribution in [0.2, 0.25) is 0 Å². The number of allylic oxidation sites excluding steroid dienone is 1. The largest absolute Gasteiger partial charge is 0.481 e. The lowest BCUT2D eigenvalue weighted by atomic mass is 9.96. The average molecular weight is 375 g/mol. The molecule has 1 aromatic rings. The highest BCUT2D eigenvalue weighted by molar-refractivity contribution is 8.05. The van der Waals surface area contributed by atoms with Gasteiger partial charge in [-0.15, -0.1) is 0 Å². The van der Waals surface area contributed by atoms with E-state index in [1.165, 1.54) is 0 Å². The third kappa shape index (κ3) is 4.04. The van der Waals surface area contributed by atoms with Gasteiger partial charge in [0.2, 0.25) is 0 Å². The maximum atomic E-state index is 11.9. The van der Waals surface area contributed by atoms with Crippen molar-refractivity contribution >= 4 is 29.3 Å². The summed E-state index contributed by atoms with van der Waals surface area (Å²) in [5.41, 5.74) is 8.53. The number of anilines is 1. The molecular weight excluding hydrogens is 350 g/mol. The van der Waals surface area contributed by atoms with Crippen LogP contribution in [0.5, 0.6) is 0 Å². The molecule has 0 spiro atoms. The molecule has 1 unspecified atom stereocenters. The predicted molar refractivity (Wildman–Crippen MR) is 104 cm³/mol. The molecule has 0 aromatic heterocycles. The van der Waals surface area contributed by atoms with Gasteiger partial charge in [0, 0.05) is 17.8 Å². The van der Waals surface area contributed by atoms with Gasteiger partial charge in [0.05, 0.1) is 10.3 Å². The number of thioether (sulfide) groups is 1. The van der Waals surface area contributed by atoms with E-state index < -0.39 is 5.97 Å². The van der Waals surface area contributed by atoms with E-state index in [4.69, 9.17) is 10.8 Å². The lowest BCUT2D eigenvalue weighted by Gasteiger charge is -2.35. The second kappa shape index (κ2) is 8.14. The summed E-state index contributed by atoms with van der Waals surface area (Å²) in [6.45, 7) is 3.94. The number of hydrogen-bond acceptors (Lipinski definition) is 5. The Morgan fingerprint density at radius 1 is 1.27 bits per heavy atom. The summed E-state index contributed by atoms with van der Waals surface area (Å²) in [6, 6.07) is 7.97. The first-order valence-corrected chi connectivity index (χ1v) is 9.83. The third-order valence-corrected chi connectivity index (χ3v) is 6.61. The number of rotatable bonds is 6. The SMILES string of the molecule is CC1=C(C(N)=O)SC(C2CCNCC2)N1c1ccc(CCC(=O)O)cc1. The second-order valence-corrected chi connectivity index (χ2v) is 7.93. The van der Waals surface area contributed by atoms with Gasteiger partial charge in [0.1, 0.15) is 0 Å². The number of benzene rings is 1. The van der Waals surface area contributed by atoms with E-state index in [1.807, 2.05) is 31.2 Å². The molecule has 2 aliphatic rings. The van der Waals surface area contributed by atoms with Crippen LogP contribution in [0.3, 0.4) is 0 Å². The number of nitrogens with two attached hydrogens (primary N) is 1. The van der Waals surface area contributed by atoms with Gasteiger partial charge in [-0.2, -0.15) is 0 Å². The van der Waals surface area contributed by atoms with Gasteiger partial charge in [0.25, 0.3) is 5.91 Å². The number of carbonyl (C=O) groups excluding carboxylic acids is 1. The van der Waals surface area contributed by atoms with Gasteiger partial charge in [-0.3, -0.25) is 9.59 Å². The molecule has 7 heteroatoms. The fourth-order valence-corrected chi connectivity index (χ4v) is 5.12. The summed E-state index contributed by atoms with van der Waals surface area (Å²) >= 11 is 1.58. The molecule has 1 atom stereocenters. The number of aryl methyl sites for hydroxylation is 1. The van der Waals surface area contributed by atoms with Crippen LogP contribution in [0.4, 0.5) is 5.69 Å². The highest BCUT2D eigenvalue weighted by atomic mass is 32.2. The average Bonchev–Trinajstić information content (AvgIpc) is 2.98. The van der Waals surface area contributed by atoms with Crippen LogP contribution in [0.25, 0.3) is 0 Å². The number of nitrogens with one attached hydrogen (secondary N) is 1. The minimum atomic E-state index is -0.791. The van der Waals surface area contributed by atoms with Crippen molar-refractivity contribution in [3.63, 3.8) is 0 Å². The molecule has 0 bridgehead atoms. The van der Waals surface area contributed by atoms with Gasteiger partial charge in [-0.05, 0) is 62.9 Å². The summed E-state index contributed by atoms with van der Waals surface area (Å²) in [6.07, 6.45) is 2.79. The number of amides is 1. The Bertz CT molecular complexity index is 711. The smallest absolute Gasteiger partial charge is 0.303 e. The van der Waals surface area contributed by atoms with Crippen LogP contribution in [-0.2, 0) is 16.0 Å². The Labute approximate surface area is 157 Å². The number of carboxylic acids is 1. The Morgan fingerprint density at radius 3 is 2.50 bits per heavy atom. The molecule has 140 valence electrons. The molecule has 26 heavy (non-hydrogen) atoms. The normalized spacial score (nSPS) is 21.3. The number of aliphatic carboxylic acids is 1. The zero-order valence-corrected chi connectivity index (χ0v) is 15.7. The fourth-order valence-electron chi connectivity index (χ4n) is 3.65. The summed E-state index contributed by atoms with van der Waals surface area (Å²) in [5.74, 6) is -0.674. The molecule has 1 aromatic carbocycles. The van der Waals surface area contributed by atoms with Crippen molar-refractivity contribution in [1.29, 1.82) is 0 Å². The monoisotopic (exact) mass is 375 g/mol. The predicted octanol–water partition coefficient (Wildman–Crippen LogP) is 2.30. The van der Waals surface area contributed by atoms with Gasteiger partial charge >= 0.3 is 5.97 Å². The van der Waals surface area contributed by atoms with E-state index in [2.05, 4.69) is 10.2 Å². The molecule has 0 radical (unpaired) electrons. The van der Waals surface area contributed by atoms with Crippen molar-refractivity contribution < 1.29 is 14.7 Å². The van der Waals surface area contributed by atoms with E-state index in [1.54, 1.807) is 11.8 Å².